The highest BCUT2D eigenvalue weighted by Gasteiger charge is 2.18. The van der Waals surface area contributed by atoms with Gasteiger partial charge < -0.3 is 20.5 Å². The Morgan fingerprint density at radius 2 is 1.92 bits per heavy atom. The van der Waals surface area contributed by atoms with Crippen LogP contribution >= 0.6 is 0 Å². The molecule has 1 aromatic carbocycles. The van der Waals surface area contributed by atoms with Crippen LogP contribution in [0.15, 0.2) is 36.4 Å². The highest BCUT2D eigenvalue weighted by Crippen LogP contribution is 2.34. The number of carbonyl (C=O) groups is 1. The Labute approximate surface area is 141 Å². The summed E-state index contributed by atoms with van der Waals surface area (Å²) in [6.45, 7) is 4.70. The second-order valence-corrected chi connectivity index (χ2v) is 5.90. The van der Waals surface area contributed by atoms with Crippen molar-refractivity contribution in [3.63, 3.8) is 0 Å². The number of hydrogen-bond donors (Lipinski definition) is 2. The second-order valence-electron chi connectivity index (χ2n) is 5.90. The summed E-state index contributed by atoms with van der Waals surface area (Å²) in [6, 6.07) is 11.0. The summed E-state index contributed by atoms with van der Waals surface area (Å²) in [6.07, 6.45) is 0. The van der Waals surface area contributed by atoms with Crippen molar-refractivity contribution in [1.82, 2.24) is 4.98 Å². The fourth-order valence-electron chi connectivity index (χ4n) is 2.35. The van der Waals surface area contributed by atoms with Gasteiger partial charge in [0.15, 0.2) is 11.5 Å². The standard InChI is InChI=1S/C18H21N3O3/c1-11(12(2)19)18(22)21-17-5-3-4-14(20-17)13-6-7-15-16(10-13)24-9-8-23-15/h3-7,10-12H,8-9,19H2,1-2H3,(H,20,21,22). The van der Waals surface area contributed by atoms with Crippen molar-refractivity contribution in [1.29, 1.82) is 0 Å². The summed E-state index contributed by atoms with van der Waals surface area (Å²) in [7, 11) is 0. The lowest BCUT2D eigenvalue weighted by atomic mass is 10.0. The van der Waals surface area contributed by atoms with Gasteiger partial charge in [0.1, 0.15) is 19.0 Å². The van der Waals surface area contributed by atoms with E-state index < -0.39 is 0 Å². The monoisotopic (exact) mass is 327 g/mol. The number of benzene rings is 1. The third-order valence-corrected chi connectivity index (χ3v) is 4.04. The van der Waals surface area contributed by atoms with Crippen LogP contribution < -0.4 is 20.5 Å². The van der Waals surface area contributed by atoms with E-state index in [-0.39, 0.29) is 17.9 Å². The number of anilines is 1. The third kappa shape index (κ3) is 3.49. The van der Waals surface area contributed by atoms with Gasteiger partial charge in [-0.05, 0) is 37.3 Å². The van der Waals surface area contributed by atoms with Gasteiger partial charge in [0.25, 0.3) is 0 Å². The van der Waals surface area contributed by atoms with Gasteiger partial charge in [-0.25, -0.2) is 4.98 Å². The van der Waals surface area contributed by atoms with Gasteiger partial charge in [0, 0.05) is 11.6 Å². The van der Waals surface area contributed by atoms with E-state index in [4.69, 9.17) is 15.2 Å². The van der Waals surface area contributed by atoms with Crippen molar-refractivity contribution in [2.75, 3.05) is 18.5 Å². The molecular weight excluding hydrogens is 306 g/mol. The summed E-state index contributed by atoms with van der Waals surface area (Å²) in [4.78, 5) is 16.6. The number of rotatable bonds is 4. The van der Waals surface area contributed by atoms with E-state index in [0.717, 1.165) is 17.0 Å². The maximum atomic E-state index is 12.1. The zero-order valence-electron chi connectivity index (χ0n) is 13.8. The molecule has 126 valence electrons. The Kier molecular flexibility index (Phi) is 4.66. The molecule has 24 heavy (non-hydrogen) atoms. The molecule has 6 heteroatoms. The minimum absolute atomic E-state index is 0.142. The van der Waals surface area contributed by atoms with Crippen LogP contribution in [0.5, 0.6) is 11.5 Å². The molecule has 2 unspecified atom stereocenters. The number of pyridine rings is 1. The molecule has 0 aliphatic carbocycles. The molecule has 2 aromatic rings. The van der Waals surface area contributed by atoms with E-state index in [2.05, 4.69) is 10.3 Å². The summed E-state index contributed by atoms with van der Waals surface area (Å²) in [5.41, 5.74) is 7.42. The molecule has 0 saturated heterocycles. The van der Waals surface area contributed by atoms with Crippen molar-refractivity contribution >= 4 is 11.7 Å². The number of aromatic nitrogens is 1. The molecule has 1 aliphatic heterocycles. The van der Waals surface area contributed by atoms with E-state index >= 15 is 0 Å². The summed E-state index contributed by atoms with van der Waals surface area (Å²) in [5, 5.41) is 2.81. The molecule has 3 N–H and O–H groups in total. The molecule has 0 bridgehead atoms. The molecule has 1 aliphatic rings. The maximum Gasteiger partial charge on any atom is 0.229 e. The number of carbonyl (C=O) groups excluding carboxylic acids is 1. The molecule has 1 amide bonds. The van der Waals surface area contributed by atoms with Crippen LogP contribution in [0, 0.1) is 5.92 Å². The number of amides is 1. The quantitative estimate of drug-likeness (QED) is 0.901. The molecule has 1 aromatic heterocycles. The lowest BCUT2D eigenvalue weighted by molar-refractivity contribution is -0.119. The molecule has 0 spiro atoms. The van der Waals surface area contributed by atoms with Gasteiger partial charge in [-0.15, -0.1) is 0 Å². The van der Waals surface area contributed by atoms with Crippen molar-refractivity contribution in [3.8, 4) is 22.8 Å². The Morgan fingerprint density at radius 1 is 1.17 bits per heavy atom. The molecule has 0 saturated carbocycles. The van der Waals surface area contributed by atoms with Gasteiger partial charge in [0.05, 0.1) is 11.6 Å². The van der Waals surface area contributed by atoms with Crippen LogP contribution in [0.3, 0.4) is 0 Å². The van der Waals surface area contributed by atoms with E-state index in [1.54, 1.807) is 13.0 Å². The Bertz CT molecular complexity index is 746. The van der Waals surface area contributed by atoms with Crippen LogP contribution in [0.2, 0.25) is 0 Å². The maximum absolute atomic E-state index is 12.1. The number of hydrogen-bond acceptors (Lipinski definition) is 5. The van der Waals surface area contributed by atoms with Crippen LogP contribution in [0.1, 0.15) is 13.8 Å². The first-order valence-corrected chi connectivity index (χ1v) is 7.98. The number of nitrogens with zero attached hydrogens (tertiary/aromatic N) is 1. The average molecular weight is 327 g/mol. The van der Waals surface area contributed by atoms with Crippen LogP contribution in [-0.4, -0.2) is 30.1 Å². The summed E-state index contributed by atoms with van der Waals surface area (Å²) < 4.78 is 11.1. The lowest BCUT2D eigenvalue weighted by Gasteiger charge is -2.19. The third-order valence-electron chi connectivity index (χ3n) is 4.04. The molecule has 6 nitrogen and oxygen atoms in total. The lowest BCUT2D eigenvalue weighted by Crippen LogP contribution is -2.34. The molecule has 2 heterocycles. The van der Waals surface area contributed by atoms with Crippen LogP contribution in [0.4, 0.5) is 5.82 Å². The first-order chi connectivity index (χ1) is 11.5. The predicted molar refractivity (Wildman–Crippen MR) is 92.1 cm³/mol. The van der Waals surface area contributed by atoms with Crippen molar-refractivity contribution in [2.45, 2.75) is 19.9 Å². The smallest absolute Gasteiger partial charge is 0.229 e. The van der Waals surface area contributed by atoms with Gasteiger partial charge in [-0.3, -0.25) is 4.79 Å². The number of nitrogens with one attached hydrogen (secondary N) is 1. The minimum Gasteiger partial charge on any atom is -0.486 e. The van der Waals surface area contributed by atoms with E-state index in [1.165, 1.54) is 0 Å². The highest BCUT2D eigenvalue weighted by molar-refractivity contribution is 5.92. The van der Waals surface area contributed by atoms with Crippen LogP contribution in [-0.2, 0) is 4.79 Å². The average Bonchev–Trinajstić information content (AvgIpc) is 2.60. The van der Waals surface area contributed by atoms with E-state index in [1.807, 2.05) is 37.3 Å². The number of fused-ring (bicyclic) bond motifs is 1. The fraction of sp³-hybridized carbons (Fsp3) is 0.333. The molecule has 0 radical (unpaired) electrons. The van der Waals surface area contributed by atoms with E-state index in [0.29, 0.717) is 24.8 Å². The van der Waals surface area contributed by atoms with E-state index in [9.17, 15) is 4.79 Å². The number of ether oxygens (including phenoxy) is 2. The van der Waals surface area contributed by atoms with Crippen molar-refractivity contribution < 1.29 is 14.3 Å². The van der Waals surface area contributed by atoms with Crippen molar-refractivity contribution in [3.05, 3.63) is 36.4 Å². The topological polar surface area (TPSA) is 86.5 Å². The Morgan fingerprint density at radius 3 is 2.67 bits per heavy atom. The molecule has 3 rings (SSSR count). The molecule has 2 atom stereocenters. The van der Waals surface area contributed by atoms with Crippen LogP contribution in [0.25, 0.3) is 11.3 Å². The first-order valence-electron chi connectivity index (χ1n) is 7.98. The SMILES string of the molecule is CC(N)C(C)C(=O)Nc1cccc(-c2ccc3c(c2)OCCO3)n1. The zero-order valence-corrected chi connectivity index (χ0v) is 13.8. The van der Waals surface area contributed by atoms with Gasteiger partial charge in [-0.1, -0.05) is 13.0 Å². The minimum atomic E-state index is -0.287. The first kappa shape index (κ1) is 16.3. The highest BCUT2D eigenvalue weighted by atomic mass is 16.6. The van der Waals surface area contributed by atoms with Gasteiger partial charge in [-0.2, -0.15) is 0 Å². The molecule has 0 fully saturated rings. The fourth-order valence-corrected chi connectivity index (χ4v) is 2.35. The number of nitrogens with two attached hydrogens (primary N) is 1. The Hall–Kier alpha value is -2.60. The van der Waals surface area contributed by atoms with Gasteiger partial charge >= 0.3 is 0 Å². The van der Waals surface area contributed by atoms with Crippen molar-refractivity contribution in [2.24, 2.45) is 11.7 Å². The second kappa shape index (κ2) is 6.88. The van der Waals surface area contributed by atoms with Gasteiger partial charge in [0.2, 0.25) is 5.91 Å². The normalized spacial score (nSPS) is 15.5. The summed E-state index contributed by atoms with van der Waals surface area (Å²) >= 11 is 0. The Balaban J connectivity index is 1.82. The molecular formula is C18H21N3O3. The summed E-state index contributed by atoms with van der Waals surface area (Å²) in [5.74, 6) is 1.52. The largest absolute Gasteiger partial charge is 0.486 e. The zero-order chi connectivity index (χ0) is 17.1. The predicted octanol–water partition coefficient (Wildman–Crippen LogP) is 2.44.